The van der Waals surface area contributed by atoms with E-state index >= 15 is 0 Å². The Bertz CT molecular complexity index is 146. The third kappa shape index (κ3) is 6.66. The highest BCUT2D eigenvalue weighted by molar-refractivity contribution is 4.95. The molecule has 0 aromatic rings. The maximum atomic E-state index is 3.37. The van der Waals surface area contributed by atoms with Crippen LogP contribution < -0.4 is 5.32 Å². The molecule has 1 heteroatoms. The van der Waals surface area contributed by atoms with E-state index in [9.17, 15) is 0 Å². The van der Waals surface area contributed by atoms with Crippen LogP contribution in [0.5, 0.6) is 0 Å². The van der Waals surface area contributed by atoms with Crippen LogP contribution >= 0.6 is 0 Å². The molecule has 1 saturated heterocycles. The Morgan fingerprint density at radius 2 is 1.85 bits per heavy atom. The first-order valence-electron chi connectivity index (χ1n) is 5.54. The zero-order valence-corrected chi connectivity index (χ0v) is 9.32. The van der Waals surface area contributed by atoms with E-state index in [1.807, 2.05) is 20.8 Å². The largest absolute Gasteiger partial charge is 0.317 e. The van der Waals surface area contributed by atoms with Crippen molar-refractivity contribution in [2.45, 2.75) is 46.5 Å². The van der Waals surface area contributed by atoms with E-state index in [0.29, 0.717) is 0 Å². The molecule has 1 heterocycles. The van der Waals surface area contributed by atoms with Crippen molar-refractivity contribution in [3.8, 4) is 11.8 Å². The lowest BCUT2D eigenvalue weighted by Gasteiger charge is -2.21. The summed E-state index contributed by atoms with van der Waals surface area (Å²) in [5, 5.41) is 3.37. The predicted molar refractivity (Wildman–Crippen MR) is 59.6 cm³/mol. The lowest BCUT2D eigenvalue weighted by atomic mass is 9.93. The van der Waals surface area contributed by atoms with Crippen molar-refractivity contribution in [1.82, 2.24) is 5.32 Å². The van der Waals surface area contributed by atoms with Crippen molar-refractivity contribution < 1.29 is 0 Å². The second-order valence-corrected chi connectivity index (χ2v) is 3.16. The molecule has 0 bridgehead atoms. The first-order valence-corrected chi connectivity index (χ1v) is 5.54. The zero-order chi connectivity index (χ0) is 9.94. The Hall–Kier alpha value is -0.480. The molecule has 76 valence electrons. The van der Waals surface area contributed by atoms with E-state index in [-0.39, 0.29) is 0 Å². The summed E-state index contributed by atoms with van der Waals surface area (Å²) in [4.78, 5) is 0. The van der Waals surface area contributed by atoms with Gasteiger partial charge in [0.1, 0.15) is 0 Å². The van der Waals surface area contributed by atoms with Crippen LogP contribution in [0.25, 0.3) is 0 Å². The molecule has 0 atom stereocenters. The van der Waals surface area contributed by atoms with Gasteiger partial charge >= 0.3 is 0 Å². The van der Waals surface area contributed by atoms with Crippen LogP contribution in [0.4, 0.5) is 0 Å². The van der Waals surface area contributed by atoms with Gasteiger partial charge in [-0.2, -0.15) is 0 Å². The van der Waals surface area contributed by atoms with E-state index in [2.05, 4.69) is 17.2 Å². The Morgan fingerprint density at radius 3 is 2.38 bits per heavy atom. The second-order valence-electron chi connectivity index (χ2n) is 3.16. The predicted octanol–water partition coefficient (Wildman–Crippen LogP) is 2.82. The van der Waals surface area contributed by atoms with E-state index in [1.54, 1.807) is 0 Å². The van der Waals surface area contributed by atoms with Crippen LogP contribution in [0.3, 0.4) is 0 Å². The molecular formula is C12H23N. The molecule has 0 spiro atoms. The number of hydrogen-bond acceptors (Lipinski definition) is 1. The third-order valence-corrected chi connectivity index (χ3v) is 2.31. The van der Waals surface area contributed by atoms with Crippen molar-refractivity contribution in [3.63, 3.8) is 0 Å². The second kappa shape index (κ2) is 9.61. The fourth-order valence-corrected chi connectivity index (χ4v) is 1.57. The standard InChI is InChI=1S/C10H17N.C2H6/c1-2-3-4-5-10-6-8-11-9-7-10;1-2/h10-11H,4-9H2,1H3;1-2H3. The molecule has 1 aliphatic rings. The average Bonchev–Trinajstić information content (AvgIpc) is 2.23. The molecule has 0 aromatic carbocycles. The highest BCUT2D eigenvalue weighted by Gasteiger charge is 2.11. The summed E-state index contributed by atoms with van der Waals surface area (Å²) in [6, 6.07) is 0. The molecule has 1 nitrogen and oxygen atoms in total. The van der Waals surface area contributed by atoms with Crippen molar-refractivity contribution in [1.29, 1.82) is 0 Å². The van der Waals surface area contributed by atoms with Gasteiger partial charge in [-0.3, -0.25) is 0 Å². The summed E-state index contributed by atoms with van der Waals surface area (Å²) < 4.78 is 0. The van der Waals surface area contributed by atoms with Crippen LogP contribution in [-0.4, -0.2) is 13.1 Å². The van der Waals surface area contributed by atoms with Crippen LogP contribution in [0, 0.1) is 17.8 Å². The van der Waals surface area contributed by atoms with Crippen LogP contribution in [0.15, 0.2) is 0 Å². The summed E-state index contributed by atoms with van der Waals surface area (Å²) in [5.41, 5.74) is 0. The monoisotopic (exact) mass is 181 g/mol. The molecule has 1 N–H and O–H groups in total. The Kier molecular flexibility index (Phi) is 9.25. The van der Waals surface area contributed by atoms with Gasteiger partial charge in [0.25, 0.3) is 0 Å². The Morgan fingerprint density at radius 1 is 1.23 bits per heavy atom. The lowest BCUT2D eigenvalue weighted by molar-refractivity contribution is 0.357. The van der Waals surface area contributed by atoms with Crippen LogP contribution in [0.2, 0.25) is 0 Å². The minimum atomic E-state index is 0.942. The molecule has 0 aromatic heterocycles. The SMILES string of the molecule is CC.CC#CCCC1CCNCC1. The van der Waals surface area contributed by atoms with Gasteiger partial charge in [-0.25, -0.2) is 0 Å². The fraction of sp³-hybridized carbons (Fsp3) is 0.833. The van der Waals surface area contributed by atoms with Crippen LogP contribution in [-0.2, 0) is 0 Å². The van der Waals surface area contributed by atoms with Gasteiger partial charge in [-0.05, 0) is 45.2 Å². The highest BCUT2D eigenvalue weighted by Crippen LogP contribution is 2.16. The fourth-order valence-electron chi connectivity index (χ4n) is 1.57. The van der Waals surface area contributed by atoms with E-state index in [1.165, 1.54) is 32.4 Å². The number of nitrogens with one attached hydrogen (secondary N) is 1. The summed E-state index contributed by atoms with van der Waals surface area (Å²) in [7, 11) is 0. The normalized spacial score (nSPS) is 16.5. The molecule has 1 aliphatic heterocycles. The summed E-state index contributed by atoms with van der Waals surface area (Å²) in [6.45, 7) is 8.34. The molecule has 0 saturated carbocycles. The maximum absolute atomic E-state index is 3.37. The van der Waals surface area contributed by atoms with Crippen molar-refractivity contribution in [2.24, 2.45) is 5.92 Å². The third-order valence-electron chi connectivity index (χ3n) is 2.31. The molecule has 1 fully saturated rings. The Labute approximate surface area is 83.3 Å². The molecule has 1 rings (SSSR count). The Balaban J connectivity index is 0.000000671. The number of rotatable bonds is 2. The van der Waals surface area contributed by atoms with Gasteiger partial charge in [0.2, 0.25) is 0 Å². The van der Waals surface area contributed by atoms with E-state index in [4.69, 9.17) is 0 Å². The molecule has 0 aliphatic carbocycles. The summed E-state index contributed by atoms with van der Waals surface area (Å²) in [5.74, 6) is 7.01. The van der Waals surface area contributed by atoms with Gasteiger partial charge in [0, 0.05) is 6.42 Å². The molecule has 13 heavy (non-hydrogen) atoms. The smallest absolute Gasteiger partial charge is 0.00912 e. The summed E-state index contributed by atoms with van der Waals surface area (Å²) >= 11 is 0. The van der Waals surface area contributed by atoms with E-state index in [0.717, 1.165) is 12.3 Å². The maximum Gasteiger partial charge on any atom is 0.00912 e. The number of piperidine rings is 1. The summed E-state index contributed by atoms with van der Waals surface area (Å²) in [6.07, 6.45) is 5.11. The van der Waals surface area contributed by atoms with Crippen molar-refractivity contribution >= 4 is 0 Å². The van der Waals surface area contributed by atoms with E-state index < -0.39 is 0 Å². The first-order chi connectivity index (χ1) is 6.43. The minimum absolute atomic E-state index is 0.942. The van der Waals surface area contributed by atoms with Gasteiger partial charge in [-0.15, -0.1) is 11.8 Å². The molecule has 0 unspecified atom stereocenters. The van der Waals surface area contributed by atoms with Gasteiger partial charge in [0.15, 0.2) is 0 Å². The topological polar surface area (TPSA) is 12.0 Å². The van der Waals surface area contributed by atoms with Gasteiger partial charge in [0.05, 0.1) is 0 Å². The van der Waals surface area contributed by atoms with Gasteiger partial charge < -0.3 is 5.32 Å². The minimum Gasteiger partial charge on any atom is -0.317 e. The molecular weight excluding hydrogens is 158 g/mol. The van der Waals surface area contributed by atoms with Crippen LogP contribution in [0.1, 0.15) is 46.5 Å². The quantitative estimate of drug-likeness (QED) is 0.646. The lowest BCUT2D eigenvalue weighted by Crippen LogP contribution is -2.27. The molecule has 0 amide bonds. The highest BCUT2D eigenvalue weighted by atomic mass is 14.9. The zero-order valence-electron chi connectivity index (χ0n) is 9.32. The van der Waals surface area contributed by atoms with Crippen molar-refractivity contribution in [2.75, 3.05) is 13.1 Å². The van der Waals surface area contributed by atoms with Crippen molar-refractivity contribution in [3.05, 3.63) is 0 Å². The molecule has 0 radical (unpaired) electrons. The first kappa shape index (κ1) is 12.5. The number of hydrogen-bond donors (Lipinski definition) is 1. The average molecular weight is 181 g/mol. The van der Waals surface area contributed by atoms with Gasteiger partial charge in [-0.1, -0.05) is 13.8 Å².